The molecule has 0 bridgehead atoms. The smallest absolute Gasteiger partial charge is 0.235 e. The maximum Gasteiger partial charge on any atom is 0.235 e. The van der Waals surface area contributed by atoms with Gasteiger partial charge in [-0.15, -0.1) is 5.10 Å². The van der Waals surface area contributed by atoms with Gasteiger partial charge in [0.15, 0.2) is 0 Å². The van der Waals surface area contributed by atoms with Crippen LogP contribution in [0.15, 0.2) is 5.16 Å². The molecule has 1 saturated heterocycles. The molecule has 19 heavy (non-hydrogen) atoms. The normalized spacial score (nSPS) is 18.6. The number of likely N-dealkylation sites (N-methyl/N-ethyl adjacent to an activating group) is 1. The number of rotatable bonds is 4. The van der Waals surface area contributed by atoms with E-state index in [2.05, 4.69) is 27.3 Å². The molecule has 7 nitrogen and oxygen atoms in total. The molecule has 0 aliphatic carbocycles. The molecule has 0 aromatic carbocycles. The van der Waals surface area contributed by atoms with Gasteiger partial charge in [0.1, 0.15) is 0 Å². The summed E-state index contributed by atoms with van der Waals surface area (Å²) in [6.45, 7) is 8.67. The summed E-state index contributed by atoms with van der Waals surface area (Å²) in [5.41, 5.74) is 0. The summed E-state index contributed by atoms with van der Waals surface area (Å²) in [6.07, 6.45) is 0. The largest absolute Gasteiger partial charge is 0.339 e. The van der Waals surface area contributed by atoms with E-state index in [0.29, 0.717) is 5.16 Å². The van der Waals surface area contributed by atoms with Crippen LogP contribution in [-0.2, 0) is 11.8 Å². The van der Waals surface area contributed by atoms with Crippen LogP contribution in [0.2, 0.25) is 0 Å². The Hall–Kier alpha value is -1.15. The topological polar surface area (TPSA) is 67.2 Å². The van der Waals surface area contributed by atoms with Crippen molar-refractivity contribution in [3.05, 3.63) is 0 Å². The van der Waals surface area contributed by atoms with Gasteiger partial charge in [0.2, 0.25) is 11.1 Å². The minimum absolute atomic E-state index is 0.155. The van der Waals surface area contributed by atoms with Gasteiger partial charge in [-0.3, -0.25) is 4.79 Å². The second-order valence-corrected chi connectivity index (χ2v) is 5.91. The van der Waals surface area contributed by atoms with Crippen LogP contribution in [0.3, 0.4) is 0 Å². The van der Waals surface area contributed by atoms with Gasteiger partial charge in [-0.05, 0) is 23.9 Å². The number of carbonyl (C=O) groups is 1. The standard InChI is InChI=1S/C11H20N6OS/c1-4-16-5-7-17(8-6-16)10(18)9(2)19-11-12-13-14-15(11)3/h9H,4-8H2,1-3H3. The third kappa shape index (κ3) is 3.44. The average Bonchev–Trinajstić information content (AvgIpc) is 2.83. The van der Waals surface area contributed by atoms with Crippen LogP contribution >= 0.6 is 11.8 Å². The molecule has 1 amide bonds. The molecule has 0 spiro atoms. The maximum atomic E-state index is 12.3. The molecular formula is C11H20N6OS. The second-order valence-electron chi connectivity index (χ2n) is 4.60. The van der Waals surface area contributed by atoms with Crippen molar-refractivity contribution in [3.8, 4) is 0 Å². The van der Waals surface area contributed by atoms with Crippen molar-refractivity contribution in [2.45, 2.75) is 24.3 Å². The molecule has 0 N–H and O–H groups in total. The van der Waals surface area contributed by atoms with Crippen LogP contribution in [-0.4, -0.2) is 73.9 Å². The molecule has 1 aliphatic rings. The number of carbonyl (C=O) groups excluding carboxylic acids is 1. The molecule has 106 valence electrons. The lowest BCUT2D eigenvalue weighted by molar-refractivity contribution is -0.132. The molecule has 0 radical (unpaired) electrons. The Bertz CT molecular complexity index is 429. The Labute approximate surface area is 117 Å². The van der Waals surface area contributed by atoms with E-state index in [4.69, 9.17) is 0 Å². The van der Waals surface area contributed by atoms with Crippen LogP contribution in [0.25, 0.3) is 0 Å². The maximum absolute atomic E-state index is 12.3. The highest BCUT2D eigenvalue weighted by atomic mass is 32.2. The zero-order valence-corrected chi connectivity index (χ0v) is 12.4. The van der Waals surface area contributed by atoms with Crippen molar-refractivity contribution >= 4 is 17.7 Å². The number of nitrogens with zero attached hydrogens (tertiary/aromatic N) is 6. The van der Waals surface area contributed by atoms with Crippen molar-refractivity contribution in [1.82, 2.24) is 30.0 Å². The zero-order chi connectivity index (χ0) is 13.8. The number of piperazine rings is 1. The van der Waals surface area contributed by atoms with Crippen LogP contribution in [0.1, 0.15) is 13.8 Å². The number of hydrogen-bond acceptors (Lipinski definition) is 6. The number of hydrogen-bond donors (Lipinski definition) is 0. The van der Waals surface area contributed by atoms with Crippen LogP contribution in [0.4, 0.5) is 0 Å². The molecule has 1 aliphatic heterocycles. The van der Waals surface area contributed by atoms with Crippen LogP contribution < -0.4 is 0 Å². The van der Waals surface area contributed by atoms with Gasteiger partial charge in [-0.25, -0.2) is 4.68 Å². The van der Waals surface area contributed by atoms with Gasteiger partial charge in [0.05, 0.1) is 5.25 Å². The monoisotopic (exact) mass is 284 g/mol. The van der Waals surface area contributed by atoms with Gasteiger partial charge in [0.25, 0.3) is 0 Å². The lowest BCUT2D eigenvalue weighted by Crippen LogP contribution is -2.50. The number of amides is 1. The number of thioether (sulfide) groups is 1. The van der Waals surface area contributed by atoms with E-state index in [1.165, 1.54) is 11.8 Å². The first-order valence-corrected chi connectivity index (χ1v) is 7.40. The predicted molar refractivity (Wildman–Crippen MR) is 72.8 cm³/mol. The third-order valence-electron chi connectivity index (χ3n) is 3.34. The molecule has 2 heterocycles. The first-order valence-electron chi connectivity index (χ1n) is 6.52. The van der Waals surface area contributed by atoms with Gasteiger partial charge in [0, 0.05) is 33.2 Å². The van der Waals surface area contributed by atoms with Crippen molar-refractivity contribution in [2.75, 3.05) is 32.7 Å². The predicted octanol–water partition coefficient (Wildman–Crippen LogP) is -0.145. The van der Waals surface area contributed by atoms with Crippen LogP contribution in [0.5, 0.6) is 0 Å². The zero-order valence-electron chi connectivity index (χ0n) is 11.6. The molecule has 1 aromatic heterocycles. The van der Waals surface area contributed by atoms with E-state index in [1.54, 1.807) is 11.7 Å². The SMILES string of the molecule is CCN1CCN(C(=O)C(C)Sc2nnnn2C)CC1. The fourth-order valence-corrected chi connectivity index (χ4v) is 2.91. The Morgan fingerprint density at radius 1 is 1.37 bits per heavy atom. The van der Waals surface area contributed by atoms with Gasteiger partial charge in [-0.1, -0.05) is 18.7 Å². The van der Waals surface area contributed by atoms with E-state index in [-0.39, 0.29) is 11.2 Å². The molecule has 1 fully saturated rings. The van der Waals surface area contributed by atoms with Gasteiger partial charge in [-0.2, -0.15) is 0 Å². The van der Waals surface area contributed by atoms with Crippen molar-refractivity contribution in [2.24, 2.45) is 7.05 Å². The van der Waals surface area contributed by atoms with E-state index in [0.717, 1.165) is 32.7 Å². The average molecular weight is 284 g/mol. The number of aromatic nitrogens is 4. The summed E-state index contributed by atoms with van der Waals surface area (Å²) in [4.78, 5) is 16.6. The summed E-state index contributed by atoms with van der Waals surface area (Å²) in [7, 11) is 1.78. The molecule has 8 heteroatoms. The quantitative estimate of drug-likeness (QED) is 0.717. The lowest BCUT2D eigenvalue weighted by atomic mass is 10.3. The minimum Gasteiger partial charge on any atom is -0.339 e. The Kier molecular flexibility index (Phi) is 4.76. The Morgan fingerprint density at radius 2 is 2.05 bits per heavy atom. The molecular weight excluding hydrogens is 264 g/mol. The fourth-order valence-electron chi connectivity index (χ4n) is 2.07. The molecule has 2 rings (SSSR count). The molecule has 1 atom stereocenters. The minimum atomic E-state index is -0.155. The number of aryl methyl sites for hydroxylation is 1. The fraction of sp³-hybridized carbons (Fsp3) is 0.818. The number of tetrazole rings is 1. The third-order valence-corrected chi connectivity index (χ3v) is 4.45. The summed E-state index contributed by atoms with van der Waals surface area (Å²) in [6, 6.07) is 0. The van der Waals surface area contributed by atoms with Crippen molar-refractivity contribution in [3.63, 3.8) is 0 Å². The highest BCUT2D eigenvalue weighted by Crippen LogP contribution is 2.21. The van der Waals surface area contributed by atoms with Gasteiger partial charge >= 0.3 is 0 Å². The lowest BCUT2D eigenvalue weighted by Gasteiger charge is -2.35. The highest BCUT2D eigenvalue weighted by Gasteiger charge is 2.26. The molecule has 1 unspecified atom stereocenters. The Balaban J connectivity index is 1.88. The van der Waals surface area contributed by atoms with Crippen molar-refractivity contribution in [1.29, 1.82) is 0 Å². The van der Waals surface area contributed by atoms with E-state index >= 15 is 0 Å². The van der Waals surface area contributed by atoms with E-state index < -0.39 is 0 Å². The van der Waals surface area contributed by atoms with Crippen LogP contribution in [0, 0.1) is 0 Å². The summed E-state index contributed by atoms with van der Waals surface area (Å²) < 4.78 is 1.59. The summed E-state index contributed by atoms with van der Waals surface area (Å²) in [5, 5.41) is 11.8. The Morgan fingerprint density at radius 3 is 2.58 bits per heavy atom. The molecule has 1 aromatic rings. The summed E-state index contributed by atoms with van der Waals surface area (Å²) in [5.74, 6) is 0.170. The summed E-state index contributed by atoms with van der Waals surface area (Å²) >= 11 is 1.41. The van der Waals surface area contributed by atoms with E-state index in [9.17, 15) is 4.79 Å². The first-order chi connectivity index (χ1) is 9.11. The molecule has 0 saturated carbocycles. The van der Waals surface area contributed by atoms with Gasteiger partial charge < -0.3 is 9.80 Å². The first kappa shape index (κ1) is 14.3. The highest BCUT2D eigenvalue weighted by molar-refractivity contribution is 8.00. The van der Waals surface area contributed by atoms with Crippen molar-refractivity contribution < 1.29 is 4.79 Å². The second kappa shape index (κ2) is 6.33. The van der Waals surface area contributed by atoms with E-state index in [1.807, 2.05) is 11.8 Å².